The third kappa shape index (κ3) is 2.47. The number of carboxylic acids is 1. The number of aryl methyl sites for hydroxylation is 1. The normalized spacial score (nSPS) is 10.4. The first kappa shape index (κ1) is 12.8. The lowest BCUT2D eigenvalue weighted by Gasteiger charge is -2.01. The quantitative estimate of drug-likeness (QED) is 0.560. The Balaban J connectivity index is 2.33. The van der Waals surface area contributed by atoms with Crippen molar-refractivity contribution in [3.05, 3.63) is 35.5 Å². The number of ketones is 1. The Morgan fingerprint density at radius 3 is 2.63 bits per heavy atom. The first-order valence-electron chi connectivity index (χ1n) is 5.62. The van der Waals surface area contributed by atoms with Crippen LogP contribution in [0.2, 0.25) is 0 Å². The summed E-state index contributed by atoms with van der Waals surface area (Å²) in [4.78, 5) is 37.0. The van der Waals surface area contributed by atoms with Crippen molar-refractivity contribution in [2.45, 2.75) is 6.92 Å². The molecule has 19 heavy (non-hydrogen) atoms. The van der Waals surface area contributed by atoms with Crippen molar-refractivity contribution in [2.24, 2.45) is 0 Å². The van der Waals surface area contributed by atoms with Gasteiger partial charge in [0.2, 0.25) is 0 Å². The summed E-state index contributed by atoms with van der Waals surface area (Å²) in [5, 5.41) is 11.2. The zero-order valence-corrected chi connectivity index (χ0v) is 10.2. The summed E-state index contributed by atoms with van der Waals surface area (Å²) in [5.74, 6) is -2.86. The number of benzene rings is 1. The molecule has 1 aromatic heterocycles. The van der Waals surface area contributed by atoms with E-state index in [9.17, 15) is 14.4 Å². The Kier molecular flexibility index (Phi) is 3.33. The molecule has 6 heteroatoms. The van der Waals surface area contributed by atoms with Gasteiger partial charge in [-0.05, 0) is 13.0 Å². The van der Waals surface area contributed by atoms with E-state index in [2.05, 4.69) is 10.3 Å². The van der Waals surface area contributed by atoms with Crippen LogP contribution in [-0.2, 0) is 9.59 Å². The van der Waals surface area contributed by atoms with Gasteiger partial charge in [0.25, 0.3) is 11.7 Å². The second-order valence-electron chi connectivity index (χ2n) is 4.08. The van der Waals surface area contributed by atoms with Crippen molar-refractivity contribution in [3.8, 4) is 0 Å². The van der Waals surface area contributed by atoms with Gasteiger partial charge in [0.05, 0.1) is 5.56 Å². The second kappa shape index (κ2) is 4.93. The van der Waals surface area contributed by atoms with Gasteiger partial charge in [-0.25, -0.2) is 0 Å². The van der Waals surface area contributed by atoms with Gasteiger partial charge in [0.1, 0.15) is 6.54 Å². The van der Waals surface area contributed by atoms with Crippen LogP contribution in [0.25, 0.3) is 10.9 Å². The predicted octanol–water partition coefficient (Wildman–Crippen LogP) is 0.860. The van der Waals surface area contributed by atoms with Gasteiger partial charge >= 0.3 is 5.97 Å². The highest BCUT2D eigenvalue weighted by Crippen LogP contribution is 2.22. The number of amides is 1. The number of carbonyl (C=O) groups excluding carboxylic acids is 2. The number of aromatic nitrogens is 1. The van der Waals surface area contributed by atoms with Gasteiger partial charge in [-0.15, -0.1) is 0 Å². The molecule has 1 heterocycles. The summed E-state index contributed by atoms with van der Waals surface area (Å²) in [6.07, 6.45) is 0. The summed E-state index contributed by atoms with van der Waals surface area (Å²) >= 11 is 0. The lowest BCUT2D eigenvalue weighted by atomic mass is 10.1. The Morgan fingerprint density at radius 2 is 1.95 bits per heavy atom. The van der Waals surface area contributed by atoms with Gasteiger partial charge in [-0.2, -0.15) is 0 Å². The molecular weight excluding hydrogens is 248 g/mol. The van der Waals surface area contributed by atoms with Crippen LogP contribution in [0.1, 0.15) is 16.1 Å². The van der Waals surface area contributed by atoms with Gasteiger partial charge in [-0.1, -0.05) is 18.2 Å². The van der Waals surface area contributed by atoms with E-state index in [4.69, 9.17) is 5.11 Å². The van der Waals surface area contributed by atoms with E-state index in [0.717, 1.165) is 5.52 Å². The number of hydrogen-bond donors (Lipinski definition) is 3. The molecule has 1 amide bonds. The highest BCUT2D eigenvalue weighted by atomic mass is 16.4. The molecule has 0 bridgehead atoms. The minimum Gasteiger partial charge on any atom is -0.480 e. The fourth-order valence-electron chi connectivity index (χ4n) is 1.92. The van der Waals surface area contributed by atoms with Crippen molar-refractivity contribution in [1.82, 2.24) is 10.3 Å². The Hall–Kier alpha value is -2.63. The van der Waals surface area contributed by atoms with E-state index in [1.54, 1.807) is 25.1 Å². The maximum absolute atomic E-state index is 12.0. The number of H-pyrrole nitrogens is 1. The van der Waals surface area contributed by atoms with E-state index in [0.29, 0.717) is 11.1 Å². The summed E-state index contributed by atoms with van der Waals surface area (Å²) in [6.45, 7) is 1.11. The zero-order chi connectivity index (χ0) is 14.0. The number of aliphatic carboxylic acids is 1. The zero-order valence-electron chi connectivity index (χ0n) is 10.2. The molecule has 0 aliphatic carbocycles. The molecule has 6 nitrogen and oxygen atoms in total. The average molecular weight is 260 g/mol. The molecule has 0 atom stereocenters. The van der Waals surface area contributed by atoms with Crippen LogP contribution >= 0.6 is 0 Å². The number of carboxylic acid groups (broad SMARTS) is 1. The van der Waals surface area contributed by atoms with E-state index < -0.39 is 24.2 Å². The molecular formula is C13H12N2O4. The van der Waals surface area contributed by atoms with E-state index in [1.165, 1.54) is 0 Å². The monoisotopic (exact) mass is 260 g/mol. The highest BCUT2D eigenvalue weighted by Gasteiger charge is 2.22. The van der Waals surface area contributed by atoms with Gasteiger partial charge in [-0.3, -0.25) is 14.4 Å². The lowest BCUT2D eigenvalue weighted by Crippen LogP contribution is -2.35. The van der Waals surface area contributed by atoms with Crippen LogP contribution in [0.15, 0.2) is 24.3 Å². The third-order valence-electron chi connectivity index (χ3n) is 2.73. The van der Waals surface area contributed by atoms with E-state index >= 15 is 0 Å². The first-order chi connectivity index (χ1) is 9.00. The molecule has 0 spiro atoms. The number of para-hydroxylation sites is 1. The minimum absolute atomic E-state index is 0.276. The van der Waals surface area contributed by atoms with Crippen LogP contribution in [0, 0.1) is 6.92 Å². The molecule has 3 N–H and O–H groups in total. The molecule has 98 valence electrons. The molecule has 0 saturated heterocycles. The highest BCUT2D eigenvalue weighted by molar-refractivity contribution is 6.45. The first-order valence-corrected chi connectivity index (χ1v) is 5.62. The number of Topliss-reactive ketones (excluding diaryl/α,β-unsaturated/α-hetero) is 1. The third-order valence-corrected chi connectivity index (χ3v) is 2.73. The Labute approximate surface area is 108 Å². The maximum atomic E-state index is 12.0. The predicted molar refractivity (Wildman–Crippen MR) is 68.0 cm³/mol. The summed E-state index contributed by atoms with van der Waals surface area (Å²) in [7, 11) is 0. The molecule has 0 radical (unpaired) electrons. The van der Waals surface area contributed by atoms with E-state index in [-0.39, 0.29) is 5.56 Å². The smallest absolute Gasteiger partial charge is 0.322 e. The molecule has 2 rings (SSSR count). The Bertz CT molecular complexity index is 672. The summed E-state index contributed by atoms with van der Waals surface area (Å²) in [6, 6.07) is 7.11. The number of aromatic amines is 1. The fourth-order valence-corrected chi connectivity index (χ4v) is 1.92. The van der Waals surface area contributed by atoms with Crippen molar-refractivity contribution >= 4 is 28.6 Å². The summed E-state index contributed by atoms with van der Waals surface area (Å²) < 4.78 is 0. The summed E-state index contributed by atoms with van der Waals surface area (Å²) in [5.41, 5.74) is 1.62. The van der Waals surface area contributed by atoms with Gasteiger partial charge in [0, 0.05) is 16.6 Å². The van der Waals surface area contributed by atoms with Gasteiger partial charge in [0.15, 0.2) is 0 Å². The largest absolute Gasteiger partial charge is 0.480 e. The van der Waals surface area contributed by atoms with Crippen LogP contribution in [0.4, 0.5) is 0 Å². The van der Waals surface area contributed by atoms with Crippen molar-refractivity contribution in [1.29, 1.82) is 0 Å². The molecule has 0 unspecified atom stereocenters. The average Bonchev–Trinajstić information content (AvgIpc) is 2.70. The van der Waals surface area contributed by atoms with Crippen molar-refractivity contribution < 1.29 is 19.5 Å². The second-order valence-corrected chi connectivity index (χ2v) is 4.08. The molecule has 0 fully saturated rings. The SMILES string of the molecule is Cc1[nH]c2ccccc2c1C(=O)C(=O)NCC(=O)O. The topological polar surface area (TPSA) is 99.3 Å². The van der Waals surface area contributed by atoms with Crippen molar-refractivity contribution in [3.63, 3.8) is 0 Å². The van der Waals surface area contributed by atoms with E-state index in [1.807, 2.05) is 6.07 Å². The van der Waals surface area contributed by atoms with Crippen LogP contribution < -0.4 is 5.32 Å². The lowest BCUT2D eigenvalue weighted by molar-refractivity contribution is -0.137. The molecule has 2 aromatic rings. The van der Waals surface area contributed by atoms with Crippen LogP contribution in [-0.4, -0.2) is 34.3 Å². The molecule has 0 saturated carbocycles. The molecule has 0 aliphatic heterocycles. The van der Waals surface area contributed by atoms with Crippen molar-refractivity contribution in [2.75, 3.05) is 6.54 Å². The van der Waals surface area contributed by atoms with Crippen LogP contribution in [0.3, 0.4) is 0 Å². The van der Waals surface area contributed by atoms with Gasteiger partial charge < -0.3 is 15.4 Å². The standard InChI is InChI=1S/C13H12N2O4/c1-7-11(8-4-2-3-5-9(8)15-7)12(18)13(19)14-6-10(16)17/h2-5,15H,6H2,1H3,(H,14,19)(H,16,17). The maximum Gasteiger partial charge on any atom is 0.322 e. The number of hydrogen-bond acceptors (Lipinski definition) is 3. The number of fused-ring (bicyclic) bond motifs is 1. The number of nitrogens with one attached hydrogen (secondary N) is 2. The molecule has 1 aromatic carbocycles. The fraction of sp³-hybridized carbons (Fsp3) is 0.154. The number of rotatable bonds is 4. The minimum atomic E-state index is -1.20. The Morgan fingerprint density at radius 1 is 1.26 bits per heavy atom. The molecule has 0 aliphatic rings. The van der Waals surface area contributed by atoms with Crippen LogP contribution in [0.5, 0.6) is 0 Å². The number of carbonyl (C=O) groups is 3.